The van der Waals surface area contributed by atoms with Crippen molar-refractivity contribution in [3.8, 4) is 0 Å². The minimum absolute atomic E-state index is 0.0974. The third-order valence-corrected chi connectivity index (χ3v) is 4.94. The summed E-state index contributed by atoms with van der Waals surface area (Å²) in [5, 5.41) is 3.12. The number of nitrogens with one attached hydrogen (secondary N) is 1. The number of hydrogen-bond acceptors (Lipinski definition) is 2. The molecule has 1 aliphatic heterocycles. The lowest BCUT2D eigenvalue weighted by Crippen LogP contribution is -2.42. The van der Waals surface area contributed by atoms with Crippen molar-refractivity contribution in [1.82, 2.24) is 10.2 Å². The van der Waals surface area contributed by atoms with Gasteiger partial charge < -0.3 is 5.32 Å². The monoisotopic (exact) mass is 304 g/mol. The molecule has 0 aromatic heterocycles. The number of rotatable bonds is 6. The second kappa shape index (κ2) is 6.78. The van der Waals surface area contributed by atoms with Gasteiger partial charge in [-0.25, -0.2) is 4.39 Å². The smallest absolute Gasteiger partial charge is 0.227 e. The van der Waals surface area contributed by atoms with Gasteiger partial charge in [0.15, 0.2) is 0 Å². The molecule has 1 saturated carbocycles. The van der Waals surface area contributed by atoms with Crippen LogP contribution in [0, 0.1) is 11.7 Å². The van der Waals surface area contributed by atoms with E-state index in [1.54, 1.807) is 12.1 Å². The van der Waals surface area contributed by atoms with Crippen LogP contribution >= 0.6 is 0 Å². The first-order valence-corrected chi connectivity index (χ1v) is 8.42. The molecule has 0 bridgehead atoms. The Morgan fingerprint density at radius 3 is 2.50 bits per heavy atom. The third-order valence-electron chi connectivity index (χ3n) is 4.94. The fourth-order valence-corrected chi connectivity index (χ4v) is 3.41. The van der Waals surface area contributed by atoms with Crippen molar-refractivity contribution in [2.24, 2.45) is 5.92 Å². The SMILES string of the molecule is CC(CNC(=O)C(c1ccc(F)cc1)C1CC1)N1CCCC1. The Bertz CT molecular complexity index is 506. The first-order valence-electron chi connectivity index (χ1n) is 8.42. The molecule has 2 fully saturated rings. The van der Waals surface area contributed by atoms with Crippen LogP contribution in [0.1, 0.15) is 44.1 Å². The summed E-state index contributed by atoms with van der Waals surface area (Å²) in [6.45, 7) is 5.15. The van der Waals surface area contributed by atoms with E-state index in [-0.39, 0.29) is 17.6 Å². The van der Waals surface area contributed by atoms with Crippen molar-refractivity contribution < 1.29 is 9.18 Å². The molecule has 1 saturated heterocycles. The van der Waals surface area contributed by atoms with Gasteiger partial charge in [-0.15, -0.1) is 0 Å². The van der Waals surface area contributed by atoms with Gasteiger partial charge in [-0.3, -0.25) is 9.69 Å². The highest BCUT2D eigenvalue weighted by Gasteiger charge is 2.37. The van der Waals surface area contributed by atoms with Gasteiger partial charge in [-0.05, 0) is 69.3 Å². The molecule has 1 aromatic carbocycles. The lowest BCUT2D eigenvalue weighted by atomic mass is 9.93. The predicted octanol–water partition coefficient (Wildman–Crippen LogP) is 2.92. The van der Waals surface area contributed by atoms with Gasteiger partial charge in [0.25, 0.3) is 0 Å². The highest BCUT2D eigenvalue weighted by atomic mass is 19.1. The number of nitrogens with zero attached hydrogens (tertiary/aromatic N) is 1. The summed E-state index contributed by atoms with van der Waals surface area (Å²) in [7, 11) is 0. The lowest BCUT2D eigenvalue weighted by molar-refractivity contribution is -0.123. The zero-order chi connectivity index (χ0) is 15.5. The van der Waals surface area contributed by atoms with Crippen LogP contribution in [0.3, 0.4) is 0 Å². The maximum absolute atomic E-state index is 13.1. The molecule has 120 valence electrons. The van der Waals surface area contributed by atoms with Crippen molar-refractivity contribution in [3.05, 3.63) is 35.6 Å². The predicted molar refractivity (Wildman–Crippen MR) is 85.1 cm³/mol. The zero-order valence-electron chi connectivity index (χ0n) is 13.2. The van der Waals surface area contributed by atoms with E-state index in [9.17, 15) is 9.18 Å². The van der Waals surface area contributed by atoms with Gasteiger partial charge in [0.1, 0.15) is 5.82 Å². The Morgan fingerprint density at radius 1 is 1.27 bits per heavy atom. The van der Waals surface area contributed by atoms with E-state index >= 15 is 0 Å². The van der Waals surface area contributed by atoms with E-state index in [0.29, 0.717) is 18.5 Å². The second-order valence-electron chi connectivity index (χ2n) is 6.70. The molecule has 1 amide bonds. The van der Waals surface area contributed by atoms with E-state index in [1.807, 2.05) is 0 Å². The standard InChI is InChI=1S/C18H25FN2O/c1-13(21-10-2-3-11-21)12-20-18(22)17(14-4-5-14)15-6-8-16(19)9-7-15/h6-9,13-14,17H,2-5,10-12H2,1H3,(H,20,22). The maximum atomic E-state index is 13.1. The average Bonchev–Trinajstić information content (AvgIpc) is 3.18. The molecule has 3 nitrogen and oxygen atoms in total. The summed E-state index contributed by atoms with van der Waals surface area (Å²) in [4.78, 5) is 15.0. The van der Waals surface area contributed by atoms with Crippen LogP contribution in [0.5, 0.6) is 0 Å². The van der Waals surface area contributed by atoms with Crippen LogP contribution in [0.25, 0.3) is 0 Å². The highest BCUT2D eigenvalue weighted by molar-refractivity contribution is 5.84. The molecule has 22 heavy (non-hydrogen) atoms. The van der Waals surface area contributed by atoms with Crippen LogP contribution in [-0.2, 0) is 4.79 Å². The minimum Gasteiger partial charge on any atom is -0.354 e. The Balaban J connectivity index is 1.59. The normalized spacial score (nSPS) is 21.5. The highest BCUT2D eigenvalue weighted by Crippen LogP contribution is 2.42. The first kappa shape index (κ1) is 15.5. The van der Waals surface area contributed by atoms with Crippen molar-refractivity contribution in [2.75, 3.05) is 19.6 Å². The summed E-state index contributed by atoms with van der Waals surface area (Å²) in [6.07, 6.45) is 4.71. The lowest BCUT2D eigenvalue weighted by Gasteiger charge is -2.25. The molecule has 1 N–H and O–H groups in total. The van der Waals surface area contributed by atoms with Crippen molar-refractivity contribution >= 4 is 5.91 Å². The quantitative estimate of drug-likeness (QED) is 0.876. The topological polar surface area (TPSA) is 32.3 Å². The Labute approximate surface area is 131 Å². The van der Waals surface area contributed by atoms with Gasteiger partial charge in [0.05, 0.1) is 5.92 Å². The maximum Gasteiger partial charge on any atom is 0.227 e. The summed E-state index contributed by atoms with van der Waals surface area (Å²) in [6, 6.07) is 6.79. The van der Waals surface area contributed by atoms with Crippen LogP contribution in [0.4, 0.5) is 4.39 Å². The average molecular weight is 304 g/mol. The third kappa shape index (κ3) is 3.67. The molecule has 1 aliphatic carbocycles. The fraction of sp³-hybridized carbons (Fsp3) is 0.611. The molecule has 2 unspecified atom stereocenters. The number of benzene rings is 1. The molecular weight excluding hydrogens is 279 g/mol. The number of amides is 1. The molecular formula is C18H25FN2O. The molecule has 4 heteroatoms. The van der Waals surface area contributed by atoms with Gasteiger partial charge in [-0.2, -0.15) is 0 Å². The number of hydrogen-bond donors (Lipinski definition) is 1. The Hall–Kier alpha value is -1.42. The van der Waals surface area contributed by atoms with Crippen molar-refractivity contribution in [3.63, 3.8) is 0 Å². The van der Waals surface area contributed by atoms with Gasteiger partial charge in [0.2, 0.25) is 5.91 Å². The Kier molecular flexibility index (Phi) is 4.77. The molecule has 0 spiro atoms. The summed E-state index contributed by atoms with van der Waals surface area (Å²) >= 11 is 0. The number of halogens is 1. The van der Waals surface area contributed by atoms with E-state index in [2.05, 4.69) is 17.1 Å². The largest absolute Gasteiger partial charge is 0.354 e. The molecule has 0 radical (unpaired) electrons. The summed E-state index contributed by atoms with van der Waals surface area (Å²) in [5.74, 6) is 0.153. The van der Waals surface area contributed by atoms with Crippen molar-refractivity contribution in [1.29, 1.82) is 0 Å². The summed E-state index contributed by atoms with van der Waals surface area (Å²) < 4.78 is 13.1. The van der Waals surface area contributed by atoms with Crippen LogP contribution in [0.15, 0.2) is 24.3 Å². The van der Waals surface area contributed by atoms with E-state index in [4.69, 9.17) is 0 Å². The van der Waals surface area contributed by atoms with E-state index < -0.39 is 0 Å². The van der Waals surface area contributed by atoms with Gasteiger partial charge in [-0.1, -0.05) is 12.1 Å². The summed E-state index contributed by atoms with van der Waals surface area (Å²) in [5.41, 5.74) is 0.940. The van der Waals surface area contributed by atoms with Gasteiger partial charge in [0, 0.05) is 12.6 Å². The fourth-order valence-electron chi connectivity index (χ4n) is 3.41. The molecule has 1 aromatic rings. The minimum atomic E-state index is -0.249. The van der Waals surface area contributed by atoms with Crippen molar-refractivity contribution in [2.45, 2.75) is 44.6 Å². The van der Waals surface area contributed by atoms with Gasteiger partial charge >= 0.3 is 0 Å². The second-order valence-corrected chi connectivity index (χ2v) is 6.70. The zero-order valence-corrected chi connectivity index (χ0v) is 13.2. The Morgan fingerprint density at radius 2 is 1.91 bits per heavy atom. The number of carbonyl (C=O) groups is 1. The van der Waals surface area contributed by atoms with Crippen LogP contribution in [0.2, 0.25) is 0 Å². The number of carbonyl (C=O) groups excluding carboxylic acids is 1. The van der Waals surface area contributed by atoms with E-state index in [1.165, 1.54) is 25.0 Å². The van der Waals surface area contributed by atoms with Crippen LogP contribution < -0.4 is 5.32 Å². The van der Waals surface area contributed by atoms with Crippen LogP contribution in [-0.4, -0.2) is 36.5 Å². The van der Waals surface area contributed by atoms with E-state index in [0.717, 1.165) is 31.5 Å². The first-order chi connectivity index (χ1) is 10.6. The molecule has 3 rings (SSSR count). The molecule has 2 atom stereocenters. The molecule has 1 heterocycles. The molecule has 2 aliphatic rings. The number of likely N-dealkylation sites (tertiary alicyclic amines) is 1.